The van der Waals surface area contributed by atoms with E-state index >= 15 is 0 Å². The molecule has 3 aliphatic rings. The van der Waals surface area contributed by atoms with Gasteiger partial charge in [0.05, 0.1) is 5.69 Å². The second kappa shape index (κ2) is 8.64. The maximum Gasteiger partial charge on any atom is 0.292 e. The van der Waals surface area contributed by atoms with Crippen molar-refractivity contribution in [2.24, 2.45) is 0 Å². The minimum atomic E-state index is -0.101. The van der Waals surface area contributed by atoms with Crippen molar-refractivity contribution in [2.45, 2.75) is 83.6 Å². The highest BCUT2D eigenvalue weighted by Gasteiger charge is 2.36. The van der Waals surface area contributed by atoms with Gasteiger partial charge in [-0.3, -0.25) is 14.5 Å². The summed E-state index contributed by atoms with van der Waals surface area (Å²) in [5.74, 6) is 2.27. The molecule has 8 nitrogen and oxygen atoms in total. The van der Waals surface area contributed by atoms with Crippen LogP contribution in [-0.4, -0.2) is 51.0 Å². The molecule has 2 aliphatic heterocycles. The van der Waals surface area contributed by atoms with E-state index in [0.29, 0.717) is 25.3 Å². The van der Waals surface area contributed by atoms with Crippen molar-refractivity contribution in [3.63, 3.8) is 0 Å². The molecule has 0 bridgehead atoms. The van der Waals surface area contributed by atoms with E-state index in [1.165, 1.54) is 12.8 Å². The van der Waals surface area contributed by atoms with Crippen LogP contribution in [0.1, 0.15) is 91.1 Å². The van der Waals surface area contributed by atoms with Crippen molar-refractivity contribution in [1.29, 1.82) is 0 Å². The molecule has 8 heteroatoms. The normalized spacial score (nSPS) is 20.1. The van der Waals surface area contributed by atoms with Crippen LogP contribution in [0.5, 0.6) is 0 Å². The summed E-state index contributed by atoms with van der Waals surface area (Å²) in [6.45, 7) is 5.30. The van der Waals surface area contributed by atoms with Crippen LogP contribution in [0.15, 0.2) is 10.6 Å². The molecule has 0 N–H and O–H groups in total. The number of aromatic nitrogens is 3. The number of carbonyl (C=O) groups is 2. The van der Waals surface area contributed by atoms with Crippen LogP contribution in [-0.2, 0) is 17.6 Å². The molecule has 0 spiro atoms. The molecule has 5 rings (SSSR count). The topological polar surface area (TPSA) is 92.4 Å². The second-order valence-corrected chi connectivity index (χ2v) is 9.27. The monoisotopic (exact) mass is 437 g/mol. The van der Waals surface area contributed by atoms with Gasteiger partial charge in [-0.15, -0.1) is 0 Å². The molecule has 2 aromatic heterocycles. The summed E-state index contributed by atoms with van der Waals surface area (Å²) in [6, 6.07) is 2.01. The highest BCUT2D eigenvalue weighted by Crippen LogP contribution is 2.36. The highest BCUT2D eigenvalue weighted by atomic mass is 16.5. The van der Waals surface area contributed by atoms with Crippen LogP contribution in [0.3, 0.4) is 0 Å². The number of carbonyl (C=O) groups excluding carboxylic acids is 2. The van der Waals surface area contributed by atoms with Crippen LogP contribution < -0.4 is 4.90 Å². The molecule has 32 heavy (non-hydrogen) atoms. The predicted octanol–water partition coefficient (Wildman–Crippen LogP) is 3.58. The van der Waals surface area contributed by atoms with Gasteiger partial charge in [-0.05, 0) is 45.4 Å². The first kappa shape index (κ1) is 21.1. The number of anilines is 1. The summed E-state index contributed by atoms with van der Waals surface area (Å²) in [4.78, 5) is 39.2. The molecular formula is C24H31N5O3. The van der Waals surface area contributed by atoms with Crippen molar-refractivity contribution >= 4 is 17.6 Å². The molecular weight excluding hydrogens is 406 g/mol. The van der Waals surface area contributed by atoms with E-state index in [1.807, 2.05) is 23.6 Å². The summed E-state index contributed by atoms with van der Waals surface area (Å²) in [6.07, 6.45) is 8.11. The Morgan fingerprint density at radius 3 is 2.56 bits per heavy atom. The SMILES string of the molecule is CCc1cc(C(=O)N2CCC(c3nc(C)c4c(n3)N(C3CCCC3)C(=O)CC4)CC2)on1. The smallest absolute Gasteiger partial charge is 0.292 e. The molecule has 1 saturated heterocycles. The molecule has 2 aromatic rings. The quantitative estimate of drug-likeness (QED) is 0.726. The average molecular weight is 438 g/mol. The number of amides is 2. The van der Waals surface area contributed by atoms with E-state index in [2.05, 4.69) is 5.16 Å². The minimum absolute atomic E-state index is 0.101. The predicted molar refractivity (Wildman–Crippen MR) is 119 cm³/mol. The number of hydrogen-bond donors (Lipinski definition) is 0. The number of aryl methyl sites for hydroxylation is 2. The Morgan fingerprint density at radius 1 is 1.12 bits per heavy atom. The van der Waals surface area contributed by atoms with Crippen LogP contribution >= 0.6 is 0 Å². The maximum absolute atomic E-state index is 12.8. The Labute approximate surface area is 188 Å². The van der Waals surface area contributed by atoms with E-state index in [1.54, 1.807) is 6.07 Å². The fourth-order valence-corrected chi connectivity index (χ4v) is 5.36. The third-order valence-electron chi connectivity index (χ3n) is 7.26. The van der Waals surface area contributed by atoms with Crippen molar-refractivity contribution in [3.8, 4) is 0 Å². The summed E-state index contributed by atoms with van der Waals surface area (Å²) < 4.78 is 5.23. The Balaban J connectivity index is 1.33. The summed E-state index contributed by atoms with van der Waals surface area (Å²) in [5.41, 5.74) is 2.92. The first-order valence-electron chi connectivity index (χ1n) is 12.0. The van der Waals surface area contributed by atoms with Crippen molar-refractivity contribution in [1.82, 2.24) is 20.0 Å². The number of hydrogen-bond acceptors (Lipinski definition) is 6. The zero-order valence-electron chi connectivity index (χ0n) is 19.0. The largest absolute Gasteiger partial charge is 0.351 e. The van der Waals surface area contributed by atoms with E-state index in [-0.39, 0.29) is 23.8 Å². The molecule has 0 atom stereocenters. The number of likely N-dealkylation sites (tertiary alicyclic amines) is 1. The van der Waals surface area contributed by atoms with Gasteiger partial charge < -0.3 is 9.42 Å². The molecule has 170 valence electrons. The molecule has 2 amide bonds. The lowest BCUT2D eigenvalue weighted by atomic mass is 9.94. The van der Waals surface area contributed by atoms with Crippen LogP contribution in [0, 0.1) is 6.92 Å². The fourth-order valence-electron chi connectivity index (χ4n) is 5.36. The summed E-state index contributed by atoms with van der Waals surface area (Å²) >= 11 is 0. The number of nitrogens with zero attached hydrogens (tertiary/aromatic N) is 5. The van der Waals surface area contributed by atoms with E-state index < -0.39 is 0 Å². The maximum atomic E-state index is 12.8. The van der Waals surface area contributed by atoms with E-state index in [9.17, 15) is 9.59 Å². The average Bonchev–Trinajstić information content (AvgIpc) is 3.51. The van der Waals surface area contributed by atoms with Gasteiger partial charge >= 0.3 is 0 Å². The Kier molecular flexibility index (Phi) is 5.69. The van der Waals surface area contributed by atoms with Gasteiger partial charge in [0, 0.05) is 48.8 Å². The zero-order valence-corrected chi connectivity index (χ0v) is 19.0. The minimum Gasteiger partial charge on any atom is -0.351 e. The lowest BCUT2D eigenvalue weighted by molar-refractivity contribution is -0.119. The molecule has 0 unspecified atom stereocenters. The molecule has 0 aromatic carbocycles. The van der Waals surface area contributed by atoms with Gasteiger partial charge in [0.2, 0.25) is 11.7 Å². The van der Waals surface area contributed by atoms with Crippen molar-refractivity contribution < 1.29 is 14.1 Å². The Hall–Kier alpha value is -2.77. The number of fused-ring (bicyclic) bond motifs is 1. The molecule has 1 aliphatic carbocycles. The molecule has 4 heterocycles. The second-order valence-electron chi connectivity index (χ2n) is 9.27. The van der Waals surface area contributed by atoms with Crippen molar-refractivity contribution in [2.75, 3.05) is 18.0 Å². The van der Waals surface area contributed by atoms with Gasteiger partial charge in [0.25, 0.3) is 5.91 Å². The van der Waals surface area contributed by atoms with Gasteiger partial charge in [0.15, 0.2) is 0 Å². The highest BCUT2D eigenvalue weighted by molar-refractivity contribution is 5.96. The van der Waals surface area contributed by atoms with Gasteiger partial charge in [-0.25, -0.2) is 9.97 Å². The van der Waals surface area contributed by atoms with Crippen LogP contribution in [0.4, 0.5) is 5.82 Å². The standard InChI is InChI=1S/C24H31N5O3/c1-3-17-14-20(32-27-17)24(31)28-12-10-16(11-13-28)22-25-15(2)19-8-9-21(30)29(23(19)26-22)18-6-4-5-7-18/h14,16,18H,3-13H2,1-2H3. The number of rotatable bonds is 4. The summed E-state index contributed by atoms with van der Waals surface area (Å²) in [5, 5.41) is 3.93. The first-order chi connectivity index (χ1) is 15.5. The van der Waals surface area contributed by atoms with Gasteiger partial charge in [-0.2, -0.15) is 0 Å². The van der Waals surface area contributed by atoms with Crippen molar-refractivity contribution in [3.05, 3.63) is 34.6 Å². The van der Waals surface area contributed by atoms with Gasteiger partial charge in [-0.1, -0.05) is 24.9 Å². The van der Waals surface area contributed by atoms with E-state index in [0.717, 1.165) is 67.1 Å². The lowest BCUT2D eigenvalue weighted by Gasteiger charge is -2.35. The Bertz CT molecular complexity index is 1020. The van der Waals surface area contributed by atoms with Crippen LogP contribution in [0.25, 0.3) is 0 Å². The third-order valence-corrected chi connectivity index (χ3v) is 7.26. The fraction of sp³-hybridized carbons (Fsp3) is 0.625. The number of piperidine rings is 1. The van der Waals surface area contributed by atoms with Crippen LogP contribution in [0.2, 0.25) is 0 Å². The lowest BCUT2D eigenvalue weighted by Crippen LogP contribution is -2.43. The molecule has 1 saturated carbocycles. The molecule has 2 fully saturated rings. The first-order valence-corrected chi connectivity index (χ1v) is 12.0. The van der Waals surface area contributed by atoms with Gasteiger partial charge in [0.1, 0.15) is 11.6 Å². The Morgan fingerprint density at radius 2 is 1.88 bits per heavy atom. The third kappa shape index (κ3) is 3.80. The zero-order chi connectivity index (χ0) is 22.2. The molecule has 0 radical (unpaired) electrons. The van der Waals surface area contributed by atoms with E-state index in [4.69, 9.17) is 14.5 Å². The summed E-state index contributed by atoms with van der Waals surface area (Å²) in [7, 11) is 0.